The van der Waals surface area contributed by atoms with Crippen molar-refractivity contribution < 1.29 is 9.53 Å². The van der Waals surface area contributed by atoms with Crippen LogP contribution in [0, 0.1) is 5.41 Å². The highest BCUT2D eigenvalue weighted by molar-refractivity contribution is 14.0. The molecule has 0 heterocycles. The van der Waals surface area contributed by atoms with Crippen molar-refractivity contribution in [3.63, 3.8) is 0 Å². The second-order valence-electron chi connectivity index (χ2n) is 3.87. The van der Waals surface area contributed by atoms with Gasteiger partial charge in [-0.15, -0.1) is 24.0 Å². The number of carbonyl (C=O) groups excluding carboxylic acids is 1. The minimum atomic E-state index is -0.673. The number of primary amides is 1. The SMILES string of the molecule is COCCNC(N)=NCC(C)(C)C(N)=O.I. The summed E-state index contributed by atoms with van der Waals surface area (Å²) in [6.45, 7) is 4.86. The van der Waals surface area contributed by atoms with Gasteiger partial charge in [-0.05, 0) is 13.8 Å². The Morgan fingerprint density at radius 2 is 2.00 bits per heavy atom. The number of hydrogen-bond acceptors (Lipinski definition) is 3. The molecule has 7 heteroatoms. The summed E-state index contributed by atoms with van der Waals surface area (Å²) in [7, 11) is 1.60. The summed E-state index contributed by atoms with van der Waals surface area (Å²) in [6.07, 6.45) is 0. The first-order valence-corrected chi connectivity index (χ1v) is 4.73. The molecule has 0 aliphatic rings. The smallest absolute Gasteiger partial charge is 0.224 e. The highest BCUT2D eigenvalue weighted by atomic mass is 127. The Labute approximate surface area is 113 Å². The van der Waals surface area contributed by atoms with Crippen molar-refractivity contribution in [2.75, 3.05) is 26.8 Å². The van der Waals surface area contributed by atoms with Gasteiger partial charge in [-0.2, -0.15) is 0 Å². The lowest BCUT2D eigenvalue weighted by molar-refractivity contribution is -0.125. The fraction of sp³-hybridized carbons (Fsp3) is 0.778. The minimum Gasteiger partial charge on any atom is -0.383 e. The minimum absolute atomic E-state index is 0. The highest BCUT2D eigenvalue weighted by Crippen LogP contribution is 2.13. The normalized spacial score (nSPS) is 11.8. The number of methoxy groups -OCH3 is 1. The van der Waals surface area contributed by atoms with Crippen LogP contribution in [-0.2, 0) is 9.53 Å². The number of aliphatic imine (C=N–C) groups is 1. The number of nitrogens with zero attached hydrogens (tertiary/aromatic N) is 1. The average Bonchev–Trinajstić information content (AvgIpc) is 2.15. The number of nitrogens with one attached hydrogen (secondary N) is 1. The molecule has 0 aliphatic heterocycles. The molecule has 0 aromatic carbocycles. The van der Waals surface area contributed by atoms with Crippen LogP contribution in [0.5, 0.6) is 0 Å². The highest BCUT2D eigenvalue weighted by Gasteiger charge is 2.24. The summed E-state index contributed by atoms with van der Waals surface area (Å²) in [5.74, 6) is -0.0997. The maximum Gasteiger partial charge on any atom is 0.224 e. The average molecular weight is 344 g/mol. The predicted molar refractivity (Wildman–Crippen MR) is 74.8 cm³/mol. The monoisotopic (exact) mass is 344 g/mol. The second kappa shape index (κ2) is 8.57. The van der Waals surface area contributed by atoms with Gasteiger partial charge in [0.25, 0.3) is 0 Å². The molecule has 16 heavy (non-hydrogen) atoms. The Bertz CT molecular complexity index is 244. The van der Waals surface area contributed by atoms with Gasteiger partial charge in [0.1, 0.15) is 0 Å². The summed E-state index contributed by atoms with van der Waals surface area (Å²) in [6, 6.07) is 0. The third-order valence-electron chi connectivity index (χ3n) is 1.92. The first-order chi connectivity index (χ1) is 6.90. The molecule has 0 aliphatic carbocycles. The van der Waals surface area contributed by atoms with E-state index in [9.17, 15) is 4.79 Å². The third-order valence-corrected chi connectivity index (χ3v) is 1.92. The van der Waals surface area contributed by atoms with Crippen LogP contribution in [-0.4, -0.2) is 38.7 Å². The first-order valence-electron chi connectivity index (χ1n) is 4.73. The van der Waals surface area contributed by atoms with E-state index < -0.39 is 11.3 Å². The van der Waals surface area contributed by atoms with E-state index in [0.717, 1.165) is 0 Å². The van der Waals surface area contributed by atoms with E-state index in [1.807, 2.05) is 0 Å². The molecular weight excluding hydrogens is 323 g/mol. The number of amides is 1. The van der Waals surface area contributed by atoms with Gasteiger partial charge in [-0.25, -0.2) is 0 Å². The molecule has 1 amide bonds. The lowest BCUT2D eigenvalue weighted by atomic mass is 9.93. The number of nitrogens with two attached hydrogens (primary N) is 2. The van der Waals surface area contributed by atoms with E-state index in [0.29, 0.717) is 19.1 Å². The molecular formula is C9H21IN4O2. The zero-order chi connectivity index (χ0) is 11.9. The van der Waals surface area contributed by atoms with Gasteiger partial charge in [-0.3, -0.25) is 9.79 Å². The molecule has 0 saturated carbocycles. The van der Waals surface area contributed by atoms with Crippen molar-refractivity contribution >= 4 is 35.8 Å². The fourth-order valence-corrected chi connectivity index (χ4v) is 0.698. The molecule has 0 aromatic rings. The van der Waals surface area contributed by atoms with E-state index in [4.69, 9.17) is 16.2 Å². The molecule has 96 valence electrons. The Hall–Kier alpha value is -0.570. The van der Waals surface area contributed by atoms with Crippen LogP contribution < -0.4 is 16.8 Å². The third kappa shape index (κ3) is 7.69. The summed E-state index contributed by atoms with van der Waals surface area (Å²) in [5, 5.41) is 2.85. The van der Waals surface area contributed by atoms with Gasteiger partial charge < -0.3 is 21.5 Å². The lowest BCUT2D eigenvalue weighted by Gasteiger charge is -2.17. The van der Waals surface area contributed by atoms with Crippen LogP contribution in [0.15, 0.2) is 4.99 Å². The fourth-order valence-electron chi connectivity index (χ4n) is 0.698. The number of rotatable bonds is 6. The topological polar surface area (TPSA) is 103 Å². The van der Waals surface area contributed by atoms with Crippen molar-refractivity contribution in [1.29, 1.82) is 0 Å². The maximum absolute atomic E-state index is 11.0. The second-order valence-corrected chi connectivity index (χ2v) is 3.87. The Kier molecular flexibility index (Phi) is 9.54. The van der Waals surface area contributed by atoms with Crippen LogP contribution in [0.4, 0.5) is 0 Å². The van der Waals surface area contributed by atoms with E-state index in [1.54, 1.807) is 21.0 Å². The van der Waals surface area contributed by atoms with Crippen LogP contribution in [0.25, 0.3) is 0 Å². The number of hydrogen-bond donors (Lipinski definition) is 3. The van der Waals surface area contributed by atoms with E-state index in [1.165, 1.54) is 0 Å². The molecule has 0 unspecified atom stereocenters. The molecule has 6 nitrogen and oxygen atoms in total. The van der Waals surface area contributed by atoms with Crippen molar-refractivity contribution in [2.24, 2.45) is 21.9 Å². The van der Waals surface area contributed by atoms with Gasteiger partial charge in [0, 0.05) is 13.7 Å². The van der Waals surface area contributed by atoms with Crippen LogP contribution >= 0.6 is 24.0 Å². The Balaban J connectivity index is 0. The zero-order valence-corrected chi connectivity index (χ0v) is 12.3. The molecule has 0 radical (unpaired) electrons. The van der Waals surface area contributed by atoms with Gasteiger partial charge in [0.05, 0.1) is 18.6 Å². The molecule has 0 aromatic heterocycles. The van der Waals surface area contributed by atoms with Crippen molar-refractivity contribution in [3.05, 3.63) is 0 Å². The summed E-state index contributed by atoms with van der Waals surface area (Å²) >= 11 is 0. The van der Waals surface area contributed by atoms with Gasteiger partial charge >= 0.3 is 0 Å². The Morgan fingerprint density at radius 3 is 2.44 bits per heavy atom. The number of ether oxygens (including phenoxy) is 1. The first kappa shape index (κ1) is 17.8. The van der Waals surface area contributed by atoms with Gasteiger partial charge in [-0.1, -0.05) is 0 Å². The lowest BCUT2D eigenvalue weighted by Crippen LogP contribution is -2.38. The van der Waals surface area contributed by atoms with Crippen molar-refractivity contribution in [2.45, 2.75) is 13.8 Å². The van der Waals surface area contributed by atoms with Crippen LogP contribution in [0.2, 0.25) is 0 Å². The van der Waals surface area contributed by atoms with Crippen molar-refractivity contribution in [3.8, 4) is 0 Å². The molecule has 0 bridgehead atoms. The number of carbonyl (C=O) groups is 1. The quantitative estimate of drug-likeness (QED) is 0.266. The van der Waals surface area contributed by atoms with Crippen LogP contribution in [0.1, 0.15) is 13.8 Å². The summed E-state index contributed by atoms with van der Waals surface area (Å²) < 4.78 is 4.83. The molecule has 5 N–H and O–H groups in total. The molecule has 0 rings (SSSR count). The largest absolute Gasteiger partial charge is 0.383 e. The molecule has 0 spiro atoms. The zero-order valence-electron chi connectivity index (χ0n) is 9.95. The number of halogens is 1. The van der Waals surface area contributed by atoms with E-state index in [2.05, 4.69) is 10.3 Å². The standard InChI is InChI=1S/C9H20N4O2.HI/c1-9(2,7(10)14)6-13-8(11)12-4-5-15-3;/h4-6H2,1-3H3,(H2,10,14)(H3,11,12,13);1H. The van der Waals surface area contributed by atoms with Gasteiger partial charge in [0.15, 0.2) is 5.96 Å². The van der Waals surface area contributed by atoms with E-state index in [-0.39, 0.29) is 30.5 Å². The van der Waals surface area contributed by atoms with Gasteiger partial charge in [0.2, 0.25) is 5.91 Å². The van der Waals surface area contributed by atoms with E-state index >= 15 is 0 Å². The Morgan fingerprint density at radius 1 is 1.44 bits per heavy atom. The van der Waals surface area contributed by atoms with Crippen LogP contribution in [0.3, 0.4) is 0 Å². The van der Waals surface area contributed by atoms with Crippen molar-refractivity contribution in [1.82, 2.24) is 5.32 Å². The molecule has 0 fully saturated rings. The molecule has 0 saturated heterocycles. The summed E-state index contributed by atoms with van der Waals surface area (Å²) in [4.78, 5) is 15.0. The number of guanidine groups is 1. The summed E-state index contributed by atoms with van der Waals surface area (Å²) in [5.41, 5.74) is 10.1. The maximum atomic E-state index is 11.0. The predicted octanol–water partition coefficient (Wildman–Crippen LogP) is -0.333. The molecule has 0 atom stereocenters.